The number of fused-ring (bicyclic) bond motifs is 3. The first-order chi connectivity index (χ1) is 8.28. The summed E-state index contributed by atoms with van der Waals surface area (Å²) in [6.07, 6.45) is 0. The van der Waals surface area contributed by atoms with Gasteiger partial charge in [-0.15, -0.1) is 0 Å². The molecule has 1 heterocycles. The SMILES string of the molecule is N#CSc1ccc2ccc3sc(N)nc3c2c1. The minimum Gasteiger partial charge on any atom is -0.375 e. The Balaban J connectivity index is 2.38. The van der Waals surface area contributed by atoms with Crippen molar-refractivity contribution < 1.29 is 0 Å². The lowest BCUT2D eigenvalue weighted by atomic mass is 10.1. The molecule has 0 spiro atoms. The number of anilines is 1. The molecular weight excluding hydrogens is 250 g/mol. The van der Waals surface area contributed by atoms with Gasteiger partial charge in [0.05, 0.1) is 10.2 Å². The van der Waals surface area contributed by atoms with Gasteiger partial charge in [0, 0.05) is 10.3 Å². The fraction of sp³-hybridized carbons (Fsp3) is 0. The molecule has 0 fully saturated rings. The highest BCUT2D eigenvalue weighted by Gasteiger charge is 2.06. The van der Waals surface area contributed by atoms with Crippen molar-refractivity contribution in [1.82, 2.24) is 4.98 Å². The van der Waals surface area contributed by atoms with E-state index in [1.165, 1.54) is 11.3 Å². The van der Waals surface area contributed by atoms with Crippen molar-refractivity contribution >= 4 is 49.2 Å². The van der Waals surface area contributed by atoms with E-state index in [0.29, 0.717) is 5.13 Å². The normalized spacial score (nSPS) is 10.8. The van der Waals surface area contributed by atoms with Crippen LogP contribution in [0.15, 0.2) is 35.2 Å². The third-order valence-corrected chi connectivity index (χ3v) is 3.96. The highest BCUT2D eigenvalue weighted by atomic mass is 32.2. The Morgan fingerprint density at radius 3 is 2.94 bits per heavy atom. The van der Waals surface area contributed by atoms with Crippen LogP contribution in [-0.4, -0.2) is 4.98 Å². The van der Waals surface area contributed by atoms with Gasteiger partial charge in [0.2, 0.25) is 0 Å². The van der Waals surface area contributed by atoms with Crippen LogP contribution in [0.5, 0.6) is 0 Å². The number of aromatic nitrogens is 1. The molecule has 3 nitrogen and oxygen atoms in total. The molecule has 0 aliphatic rings. The molecule has 0 amide bonds. The number of thiazole rings is 1. The second-order valence-corrected chi connectivity index (χ2v) is 5.46. The first-order valence-electron chi connectivity index (χ1n) is 4.92. The molecule has 1 aromatic heterocycles. The van der Waals surface area contributed by atoms with Gasteiger partial charge >= 0.3 is 0 Å². The van der Waals surface area contributed by atoms with E-state index in [0.717, 1.165) is 37.6 Å². The van der Waals surface area contributed by atoms with E-state index in [1.54, 1.807) is 0 Å². The highest BCUT2D eigenvalue weighted by molar-refractivity contribution is 8.03. The van der Waals surface area contributed by atoms with Crippen molar-refractivity contribution in [2.45, 2.75) is 4.90 Å². The number of thiocyanates is 1. The van der Waals surface area contributed by atoms with Crippen molar-refractivity contribution in [2.75, 3.05) is 5.73 Å². The maximum absolute atomic E-state index is 8.69. The molecule has 0 saturated heterocycles. The minimum absolute atomic E-state index is 0.575. The first-order valence-corrected chi connectivity index (χ1v) is 6.56. The van der Waals surface area contributed by atoms with Gasteiger partial charge < -0.3 is 5.73 Å². The van der Waals surface area contributed by atoms with Gasteiger partial charge in [-0.05, 0) is 35.3 Å². The summed E-state index contributed by atoms with van der Waals surface area (Å²) in [4.78, 5) is 5.28. The largest absolute Gasteiger partial charge is 0.375 e. The number of nitrogens with two attached hydrogens (primary N) is 1. The van der Waals surface area contributed by atoms with Crippen LogP contribution < -0.4 is 5.73 Å². The molecule has 2 N–H and O–H groups in total. The van der Waals surface area contributed by atoms with Crippen molar-refractivity contribution in [1.29, 1.82) is 5.26 Å². The van der Waals surface area contributed by atoms with Crippen LogP contribution >= 0.6 is 23.1 Å². The van der Waals surface area contributed by atoms with Gasteiger partial charge in [0.25, 0.3) is 0 Å². The smallest absolute Gasteiger partial charge is 0.181 e. The summed E-state index contributed by atoms with van der Waals surface area (Å²) in [7, 11) is 0. The average molecular weight is 257 g/mol. The molecule has 0 radical (unpaired) electrons. The zero-order valence-electron chi connectivity index (χ0n) is 8.68. The van der Waals surface area contributed by atoms with Crippen molar-refractivity contribution in [3.63, 3.8) is 0 Å². The van der Waals surface area contributed by atoms with E-state index >= 15 is 0 Å². The molecule has 0 aliphatic heterocycles. The van der Waals surface area contributed by atoms with Gasteiger partial charge in [0.15, 0.2) is 5.13 Å². The number of nitrogen functional groups attached to an aromatic ring is 1. The fourth-order valence-electron chi connectivity index (χ4n) is 1.82. The number of rotatable bonds is 1. The summed E-state index contributed by atoms with van der Waals surface area (Å²) in [6.45, 7) is 0. The second-order valence-electron chi connectivity index (χ2n) is 3.54. The van der Waals surface area contributed by atoms with Crippen LogP contribution in [0.25, 0.3) is 21.0 Å². The molecule has 3 aromatic rings. The predicted octanol–water partition coefficient (Wildman–Crippen LogP) is 3.60. The summed E-state index contributed by atoms with van der Waals surface area (Å²) < 4.78 is 1.08. The van der Waals surface area contributed by atoms with Crippen LogP contribution in [0.1, 0.15) is 0 Å². The van der Waals surface area contributed by atoms with Gasteiger partial charge in [0.1, 0.15) is 5.40 Å². The zero-order chi connectivity index (χ0) is 11.8. The lowest BCUT2D eigenvalue weighted by Crippen LogP contribution is -1.81. The number of hydrogen-bond acceptors (Lipinski definition) is 5. The molecule has 0 bridgehead atoms. The zero-order valence-corrected chi connectivity index (χ0v) is 10.3. The Bertz CT molecular complexity index is 755. The molecule has 0 atom stereocenters. The summed E-state index contributed by atoms with van der Waals surface area (Å²) in [5.74, 6) is 0. The van der Waals surface area contributed by atoms with Crippen LogP contribution in [0.3, 0.4) is 0 Å². The van der Waals surface area contributed by atoms with E-state index in [1.807, 2.05) is 24.3 Å². The van der Waals surface area contributed by atoms with Crippen LogP contribution in [0.2, 0.25) is 0 Å². The predicted molar refractivity (Wildman–Crippen MR) is 73.0 cm³/mol. The average Bonchev–Trinajstić information content (AvgIpc) is 2.70. The standard InChI is InChI=1S/C12H7N3S2/c13-6-16-8-3-1-7-2-4-10-11(9(7)5-8)15-12(14)17-10/h1-5H,(H2,14,15). The van der Waals surface area contributed by atoms with E-state index in [2.05, 4.69) is 16.5 Å². The molecule has 3 rings (SSSR count). The van der Waals surface area contributed by atoms with Crippen molar-refractivity contribution in [3.05, 3.63) is 30.3 Å². The van der Waals surface area contributed by atoms with Gasteiger partial charge in [-0.1, -0.05) is 23.5 Å². The first kappa shape index (κ1) is 10.4. The fourth-order valence-corrected chi connectivity index (χ4v) is 2.99. The number of benzene rings is 2. The van der Waals surface area contributed by atoms with Crippen molar-refractivity contribution in [3.8, 4) is 5.40 Å². The van der Waals surface area contributed by atoms with E-state index in [9.17, 15) is 0 Å². The molecule has 5 heteroatoms. The lowest BCUT2D eigenvalue weighted by Gasteiger charge is -2.00. The van der Waals surface area contributed by atoms with E-state index < -0.39 is 0 Å². The monoisotopic (exact) mass is 257 g/mol. The molecular formula is C12H7N3S2. The van der Waals surface area contributed by atoms with E-state index in [-0.39, 0.29) is 0 Å². The number of hydrogen-bond donors (Lipinski definition) is 1. The summed E-state index contributed by atoms with van der Waals surface area (Å²) >= 11 is 2.64. The quantitative estimate of drug-likeness (QED) is 0.534. The van der Waals surface area contributed by atoms with Gasteiger partial charge in [-0.2, -0.15) is 5.26 Å². The summed E-state index contributed by atoms with van der Waals surface area (Å²) in [5.41, 5.74) is 6.65. The Hall–Kier alpha value is -1.77. The highest BCUT2D eigenvalue weighted by Crippen LogP contribution is 2.32. The van der Waals surface area contributed by atoms with E-state index in [4.69, 9.17) is 11.0 Å². The minimum atomic E-state index is 0.575. The molecule has 0 aliphatic carbocycles. The molecule has 0 saturated carbocycles. The number of nitrogens with zero attached hydrogens (tertiary/aromatic N) is 2. The maximum atomic E-state index is 8.69. The second kappa shape index (κ2) is 3.91. The molecule has 0 unspecified atom stereocenters. The third-order valence-electron chi connectivity index (χ3n) is 2.53. The summed E-state index contributed by atoms with van der Waals surface area (Å²) in [6, 6.07) is 10.0. The van der Waals surface area contributed by atoms with Crippen LogP contribution in [-0.2, 0) is 0 Å². The summed E-state index contributed by atoms with van der Waals surface area (Å²) in [5, 5.41) is 13.5. The van der Waals surface area contributed by atoms with Crippen molar-refractivity contribution in [2.24, 2.45) is 0 Å². The molecule has 17 heavy (non-hydrogen) atoms. The Kier molecular flexibility index (Phi) is 2.39. The van der Waals surface area contributed by atoms with Crippen LogP contribution in [0, 0.1) is 10.7 Å². The topological polar surface area (TPSA) is 62.7 Å². The molecule has 82 valence electrons. The Morgan fingerprint density at radius 2 is 2.12 bits per heavy atom. The Morgan fingerprint density at radius 1 is 1.29 bits per heavy atom. The van der Waals surface area contributed by atoms with Gasteiger partial charge in [-0.3, -0.25) is 0 Å². The lowest BCUT2D eigenvalue weighted by molar-refractivity contribution is 1.48. The number of nitriles is 1. The third kappa shape index (κ3) is 1.71. The number of thioether (sulfide) groups is 1. The van der Waals surface area contributed by atoms with Crippen LogP contribution in [0.4, 0.5) is 5.13 Å². The van der Waals surface area contributed by atoms with Gasteiger partial charge in [-0.25, -0.2) is 4.98 Å². The molecule has 2 aromatic carbocycles. The Labute approximate surface area is 106 Å². The maximum Gasteiger partial charge on any atom is 0.181 e.